The third-order valence-corrected chi connectivity index (χ3v) is 4.98. The number of benzene rings is 2. The number of hydrogen-bond acceptors (Lipinski definition) is 7. The molecule has 158 valence electrons. The van der Waals surface area contributed by atoms with E-state index >= 15 is 0 Å². The van der Waals surface area contributed by atoms with E-state index in [1.165, 1.54) is 4.52 Å². The molecule has 0 aliphatic heterocycles. The molecule has 0 aliphatic rings. The van der Waals surface area contributed by atoms with Crippen LogP contribution in [-0.4, -0.2) is 29.7 Å². The van der Waals surface area contributed by atoms with Gasteiger partial charge >= 0.3 is 0 Å². The monoisotopic (exact) mass is 424 g/mol. The molecule has 0 amide bonds. The number of rotatable bonds is 6. The first-order valence-electron chi connectivity index (χ1n) is 10.1. The number of aromatic hydroxyl groups is 1. The molecule has 8 heteroatoms. The summed E-state index contributed by atoms with van der Waals surface area (Å²) >= 11 is 0. The van der Waals surface area contributed by atoms with Crippen molar-refractivity contribution in [1.29, 1.82) is 0 Å². The molecule has 0 unspecified atom stereocenters. The molecule has 32 heavy (non-hydrogen) atoms. The van der Waals surface area contributed by atoms with Crippen molar-refractivity contribution in [2.75, 3.05) is 5.32 Å². The predicted molar refractivity (Wildman–Crippen MR) is 120 cm³/mol. The minimum atomic E-state index is 0.0398. The van der Waals surface area contributed by atoms with Gasteiger partial charge in [-0.15, -0.1) is 5.10 Å². The van der Waals surface area contributed by atoms with Crippen molar-refractivity contribution in [2.24, 2.45) is 0 Å². The van der Waals surface area contributed by atoms with Crippen LogP contribution in [0.15, 0.2) is 79.1 Å². The number of fused-ring (bicyclic) bond motifs is 1. The lowest BCUT2D eigenvalue weighted by Crippen LogP contribution is -2.02. The summed E-state index contributed by atoms with van der Waals surface area (Å²) in [6.07, 6.45) is 3.91. The zero-order valence-corrected chi connectivity index (χ0v) is 17.3. The minimum Gasteiger partial charge on any atom is -0.493 e. The van der Waals surface area contributed by atoms with Gasteiger partial charge in [0.15, 0.2) is 0 Å². The van der Waals surface area contributed by atoms with E-state index in [-0.39, 0.29) is 5.88 Å². The zero-order valence-electron chi connectivity index (χ0n) is 17.3. The number of nitrogens with one attached hydrogen (secondary N) is 1. The summed E-state index contributed by atoms with van der Waals surface area (Å²) in [7, 11) is 0. The molecule has 0 saturated carbocycles. The van der Waals surface area contributed by atoms with E-state index < -0.39 is 0 Å². The highest BCUT2D eigenvalue weighted by Gasteiger charge is 2.16. The quantitative estimate of drug-likeness (QED) is 0.409. The Kier molecular flexibility index (Phi) is 5.09. The Balaban J connectivity index is 1.36. The van der Waals surface area contributed by atoms with Gasteiger partial charge in [0.05, 0.1) is 5.69 Å². The molecule has 8 nitrogen and oxygen atoms in total. The SMILES string of the molecule is Cc1nc2nc(Nc3ccc(Oc4ccncc4)cc3)nn2c(O)c1Cc1ccccc1. The predicted octanol–water partition coefficient (Wildman–Crippen LogP) is 4.66. The van der Waals surface area contributed by atoms with Crippen LogP contribution in [-0.2, 0) is 6.42 Å². The lowest BCUT2D eigenvalue weighted by Gasteiger charge is -2.08. The Morgan fingerprint density at radius 2 is 1.62 bits per heavy atom. The molecule has 3 heterocycles. The number of pyridine rings is 1. The van der Waals surface area contributed by atoms with Crippen LogP contribution in [0.3, 0.4) is 0 Å². The van der Waals surface area contributed by atoms with Crippen LogP contribution in [0, 0.1) is 6.92 Å². The van der Waals surface area contributed by atoms with E-state index in [9.17, 15) is 5.11 Å². The molecule has 5 aromatic rings. The second-order valence-electron chi connectivity index (χ2n) is 7.24. The van der Waals surface area contributed by atoms with Crippen molar-refractivity contribution in [2.45, 2.75) is 13.3 Å². The van der Waals surface area contributed by atoms with Crippen LogP contribution in [0.4, 0.5) is 11.6 Å². The van der Waals surface area contributed by atoms with Crippen molar-refractivity contribution in [3.8, 4) is 17.4 Å². The van der Waals surface area contributed by atoms with Crippen LogP contribution in [0.1, 0.15) is 16.8 Å². The second-order valence-corrected chi connectivity index (χ2v) is 7.24. The molecule has 2 N–H and O–H groups in total. The fourth-order valence-corrected chi connectivity index (χ4v) is 3.36. The third-order valence-electron chi connectivity index (χ3n) is 4.98. The Hall–Kier alpha value is -4.46. The maximum Gasteiger partial charge on any atom is 0.257 e. The molecule has 0 radical (unpaired) electrons. The fourth-order valence-electron chi connectivity index (χ4n) is 3.36. The Bertz CT molecular complexity index is 1350. The van der Waals surface area contributed by atoms with E-state index in [2.05, 4.69) is 25.4 Å². The van der Waals surface area contributed by atoms with E-state index in [1.54, 1.807) is 24.5 Å². The number of aryl methyl sites for hydroxylation is 1. The first-order chi connectivity index (χ1) is 15.7. The van der Waals surface area contributed by atoms with Gasteiger partial charge in [0.2, 0.25) is 11.8 Å². The molecule has 2 aromatic carbocycles. The van der Waals surface area contributed by atoms with Gasteiger partial charge in [-0.05, 0) is 48.9 Å². The van der Waals surface area contributed by atoms with Gasteiger partial charge < -0.3 is 15.2 Å². The Morgan fingerprint density at radius 3 is 2.38 bits per heavy atom. The molecular formula is C24H20N6O2. The maximum atomic E-state index is 10.8. The standard InChI is InChI=1S/C24H20N6O2/c1-16-21(15-17-5-3-2-4-6-17)22(31)30-24(26-16)28-23(29-30)27-18-7-9-19(10-8-18)32-20-11-13-25-14-12-20/h2-14,31H,15H2,1H3,(H,27,29). The van der Waals surface area contributed by atoms with Gasteiger partial charge in [-0.2, -0.15) is 9.50 Å². The lowest BCUT2D eigenvalue weighted by molar-refractivity contribution is 0.428. The number of hydrogen-bond donors (Lipinski definition) is 2. The molecule has 0 saturated heterocycles. The van der Waals surface area contributed by atoms with Crippen molar-refractivity contribution < 1.29 is 9.84 Å². The molecule has 0 bridgehead atoms. The van der Waals surface area contributed by atoms with Gasteiger partial charge in [0.25, 0.3) is 5.78 Å². The summed E-state index contributed by atoms with van der Waals surface area (Å²) in [6.45, 7) is 1.86. The van der Waals surface area contributed by atoms with Gasteiger partial charge in [0, 0.05) is 30.1 Å². The van der Waals surface area contributed by atoms with Gasteiger partial charge in [-0.3, -0.25) is 4.98 Å². The van der Waals surface area contributed by atoms with Crippen LogP contribution < -0.4 is 10.1 Å². The van der Waals surface area contributed by atoms with E-state index in [0.717, 1.165) is 22.5 Å². The molecular weight excluding hydrogens is 404 g/mol. The largest absolute Gasteiger partial charge is 0.493 e. The number of anilines is 2. The molecule has 0 spiro atoms. The van der Waals surface area contributed by atoms with Gasteiger partial charge in [-0.25, -0.2) is 4.98 Å². The average Bonchev–Trinajstić information content (AvgIpc) is 3.22. The average molecular weight is 424 g/mol. The molecule has 0 atom stereocenters. The third kappa shape index (κ3) is 4.06. The summed E-state index contributed by atoms with van der Waals surface area (Å²) in [5, 5.41) is 18.3. The zero-order chi connectivity index (χ0) is 21.9. The van der Waals surface area contributed by atoms with Crippen molar-refractivity contribution in [3.63, 3.8) is 0 Å². The Labute approximate surface area is 184 Å². The van der Waals surface area contributed by atoms with Gasteiger partial charge in [-0.1, -0.05) is 30.3 Å². The topological polar surface area (TPSA) is 97.5 Å². The first-order valence-corrected chi connectivity index (χ1v) is 10.1. The van der Waals surface area contributed by atoms with Crippen LogP contribution in [0.2, 0.25) is 0 Å². The van der Waals surface area contributed by atoms with E-state index in [1.807, 2.05) is 61.5 Å². The molecule has 0 aliphatic carbocycles. The molecule has 0 fully saturated rings. The molecule has 3 aromatic heterocycles. The van der Waals surface area contributed by atoms with Crippen molar-refractivity contribution >= 4 is 17.4 Å². The number of nitrogens with zero attached hydrogens (tertiary/aromatic N) is 5. The minimum absolute atomic E-state index is 0.0398. The summed E-state index contributed by atoms with van der Waals surface area (Å²) in [6, 6.07) is 20.9. The van der Waals surface area contributed by atoms with Gasteiger partial charge in [0.1, 0.15) is 11.5 Å². The highest BCUT2D eigenvalue weighted by Crippen LogP contribution is 2.26. The summed E-state index contributed by atoms with van der Waals surface area (Å²) in [5.41, 5.74) is 3.30. The second kappa shape index (κ2) is 8.35. The maximum absolute atomic E-state index is 10.8. The molecule has 5 rings (SSSR count). The normalized spacial score (nSPS) is 10.9. The number of aromatic nitrogens is 5. The highest BCUT2D eigenvalue weighted by atomic mass is 16.5. The van der Waals surface area contributed by atoms with Crippen molar-refractivity contribution in [1.82, 2.24) is 24.6 Å². The summed E-state index contributed by atoms with van der Waals surface area (Å²) in [5.74, 6) is 2.12. The van der Waals surface area contributed by atoms with E-state index in [0.29, 0.717) is 29.6 Å². The Morgan fingerprint density at radius 1 is 0.906 bits per heavy atom. The highest BCUT2D eigenvalue weighted by molar-refractivity contribution is 5.57. The van der Waals surface area contributed by atoms with Crippen LogP contribution in [0.5, 0.6) is 17.4 Å². The summed E-state index contributed by atoms with van der Waals surface area (Å²) < 4.78 is 7.13. The van der Waals surface area contributed by atoms with E-state index in [4.69, 9.17) is 4.74 Å². The first kappa shape index (κ1) is 19.5. The fraction of sp³-hybridized carbons (Fsp3) is 0.0833. The lowest BCUT2D eigenvalue weighted by atomic mass is 10.1. The number of ether oxygens (including phenoxy) is 1. The summed E-state index contributed by atoms with van der Waals surface area (Å²) in [4.78, 5) is 12.9. The smallest absolute Gasteiger partial charge is 0.257 e. The van der Waals surface area contributed by atoms with Crippen LogP contribution >= 0.6 is 0 Å². The van der Waals surface area contributed by atoms with Crippen molar-refractivity contribution in [3.05, 3.63) is 95.9 Å². The van der Waals surface area contributed by atoms with Crippen LogP contribution in [0.25, 0.3) is 5.78 Å².